The summed E-state index contributed by atoms with van der Waals surface area (Å²) in [6.07, 6.45) is 0. The molecule has 100 valence electrons. The molecule has 1 rings (SSSR count). The maximum absolute atomic E-state index is 13.5. The van der Waals surface area contributed by atoms with E-state index >= 15 is 0 Å². The monoisotopic (exact) mass is 252 g/mol. The number of carbonyl (C=O) groups is 1. The fourth-order valence-corrected chi connectivity index (χ4v) is 1.88. The topological polar surface area (TPSA) is 23.6 Å². The minimum absolute atomic E-state index is 0.0823. The van der Waals surface area contributed by atoms with Gasteiger partial charge in [-0.25, -0.2) is 4.39 Å². The summed E-state index contributed by atoms with van der Waals surface area (Å²) in [6.45, 7) is 6.10. The number of halogens is 1. The van der Waals surface area contributed by atoms with Crippen LogP contribution >= 0.6 is 0 Å². The molecule has 0 aliphatic heterocycles. The van der Waals surface area contributed by atoms with E-state index in [4.69, 9.17) is 0 Å². The van der Waals surface area contributed by atoms with Crippen molar-refractivity contribution in [1.29, 1.82) is 0 Å². The Morgan fingerprint density at radius 3 is 2.39 bits per heavy atom. The highest BCUT2D eigenvalue weighted by Gasteiger charge is 2.13. The third kappa shape index (κ3) is 4.11. The summed E-state index contributed by atoms with van der Waals surface area (Å²) in [6, 6.07) is 6.65. The van der Waals surface area contributed by atoms with E-state index in [1.807, 2.05) is 25.8 Å². The van der Waals surface area contributed by atoms with Crippen LogP contribution in [-0.2, 0) is 11.3 Å². The molecule has 0 unspecified atom stereocenters. The normalized spacial score (nSPS) is 10.7. The summed E-state index contributed by atoms with van der Waals surface area (Å²) < 4.78 is 13.5. The summed E-state index contributed by atoms with van der Waals surface area (Å²) in [7, 11) is 1.83. The molecule has 0 saturated carbocycles. The third-order valence-electron chi connectivity index (χ3n) is 2.92. The van der Waals surface area contributed by atoms with Gasteiger partial charge in [-0.15, -0.1) is 0 Å². The quantitative estimate of drug-likeness (QED) is 0.774. The highest BCUT2D eigenvalue weighted by molar-refractivity contribution is 5.78. The van der Waals surface area contributed by atoms with Crippen molar-refractivity contribution in [3.8, 4) is 0 Å². The molecule has 4 heteroatoms. The van der Waals surface area contributed by atoms with E-state index in [-0.39, 0.29) is 11.7 Å². The van der Waals surface area contributed by atoms with Crippen molar-refractivity contribution in [3.63, 3.8) is 0 Å². The number of nitrogens with zero attached hydrogens (tertiary/aromatic N) is 2. The standard InChI is InChI=1S/C14H21FN2O/c1-4-17(5-2)14(18)11-16(3)10-12-8-6-7-9-13(12)15/h6-9H,4-5,10-11H2,1-3H3. The van der Waals surface area contributed by atoms with E-state index in [2.05, 4.69) is 0 Å². The molecule has 0 bridgehead atoms. The number of likely N-dealkylation sites (N-methyl/N-ethyl adjacent to an activating group) is 2. The second kappa shape index (κ2) is 7.11. The number of rotatable bonds is 6. The maximum atomic E-state index is 13.5. The zero-order valence-electron chi connectivity index (χ0n) is 11.3. The molecule has 0 aromatic heterocycles. The lowest BCUT2D eigenvalue weighted by Crippen LogP contribution is -2.38. The molecule has 3 nitrogen and oxygen atoms in total. The maximum Gasteiger partial charge on any atom is 0.236 e. The number of hydrogen-bond acceptors (Lipinski definition) is 2. The van der Waals surface area contributed by atoms with Crippen LogP contribution in [0.25, 0.3) is 0 Å². The van der Waals surface area contributed by atoms with E-state index in [0.29, 0.717) is 31.7 Å². The van der Waals surface area contributed by atoms with Crippen LogP contribution in [0, 0.1) is 5.82 Å². The van der Waals surface area contributed by atoms with Crippen LogP contribution in [0.5, 0.6) is 0 Å². The van der Waals surface area contributed by atoms with Gasteiger partial charge in [-0.05, 0) is 27.0 Å². The molecule has 18 heavy (non-hydrogen) atoms. The first kappa shape index (κ1) is 14.6. The minimum Gasteiger partial charge on any atom is -0.342 e. The average Bonchev–Trinajstić information content (AvgIpc) is 2.33. The molecule has 0 fully saturated rings. The lowest BCUT2D eigenvalue weighted by molar-refractivity contribution is -0.131. The van der Waals surface area contributed by atoms with Gasteiger partial charge in [0.1, 0.15) is 5.82 Å². The van der Waals surface area contributed by atoms with Gasteiger partial charge in [0.2, 0.25) is 5.91 Å². The summed E-state index contributed by atoms with van der Waals surface area (Å²) in [5.41, 5.74) is 0.618. The zero-order valence-corrected chi connectivity index (χ0v) is 11.3. The van der Waals surface area contributed by atoms with Gasteiger partial charge in [0, 0.05) is 25.2 Å². The van der Waals surface area contributed by atoms with Crippen LogP contribution in [0.3, 0.4) is 0 Å². The summed E-state index contributed by atoms with van der Waals surface area (Å²) in [5.74, 6) is -0.140. The summed E-state index contributed by atoms with van der Waals surface area (Å²) >= 11 is 0. The molecular formula is C14H21FN2O. The van der Waals surface area contributed by atoms with Crippen LogP contribution in [0.15, 0.2) is 24.3 Å². The van der Waals surface area contributed by atoms with Crippen LogP contribution in [0.2, 0.25) is 0 Å². The smallest absolute Gasteiger partial charge is 0.236 e. The number of hydrogen-bond donors (Lipinski definition) is 0. The van der Waals surface area contributed by atoms with Crippen LogP contribution in [0.4, 0.5) is 4.39 Å². The fourth-order valence-electron chi connectivity index (χ4n) is 1.88. The number of carbonyl (C=O) groups excluding carboxylic acids is 1. The molecule has 0 heterocycles. The molecule has 0 atom stereocenters. The average molecular weight is 252 g/mol. The van der Waals surface area contributed by atoms with E-state index in [0.717, 1.165) is 0 Å². The Labute approximate surface area is 108 Å². The molecule has 0 N–H and O–H groups in total. The number of benzene rings is 1. The van der Waals surface area contributed by atoms with E-state index < -0.39 is 0 Å². The Bertz CT molecular complexity index is 391. The highest BCUT2D eigenvalue weighted by Crippen LogP contribution is 2.08. The molecule has 1 aromatic carbocycles. The van der Waals surface area contributed by atoms with Gasteiger partial charge >= 0.3 is 0 Å². The van der Waals surface area contributed by atoms with E-state index in [9.17, 15) is 9.18 Å². The van der Waals surface area contributed by atoms with Crippen molar-refractivity contribution in [2.75, 3.05) is 26.7 Å². The Morgan fingerprint density at radius 1 is 1.22 bits per heavy atom. The van der Waals surface area contributed by atoms with Crippen molar-refractivity contribution >= 4 is 5.91 Å². The Morgan fingerprint density at radius 2 is 1.83 bits per heavy atom. The van der Waals surface area contributed by atoms with Crippen molar-refractivity contribution in [2.24, 2.45) is 0 Å². The van der Waals surface area contributed by atoms with Gasteiger partial charge < -0.3 is 4.90 Å². The SMILES string of the molecule is CCN(CC)C(=O)CN(C)Cc1ccccc1F. The largest absolute Gasteiger partial charge is 0.342 e. The molecule has 0 aliphatic rings. The lowest BCUT2D eigenvalue weighted by atomic mass is 10.2. The van der Waals surface area contributed by atoms with E-state index in [1.54, 1.807) is 23.1 Å². The number of amides is 1. The van der Waals surface area contributed by atoms with Crippen molar-refractivity contribution < 1.29 is 9.18 Å². The zero-order chi connectivity index (χ0) is 13.5. The first-order valence-electron chi connectivity index (χ1n) is 6.28. The Kier molecular flexibility index (Phi) is 5.78. The van der Waals surface area contributed by atoms with Gasteiger partial charge in [0.25, 0.3) is 0 Å². The highest BCUT2D eigenvalue weighted by atomic mass is 19.1. The Balaban J connectivity index is 2.54. The first-order chi connectivity index (χ1) is 8.58. The van der Waals surface area contributed by atoms with E-state index in [1.165, 1.54) is 6.07 Å². The van der Waals surface area contributed by atoms with Crippen LogP contribution in [0.1, 0.15) is 19.4 Å². The second-order valence-electron chi connectivity index (χ2n) is 4.33. The summed E-state index contributed by atoms with van der Waals surface area (Å²) in [4.78, 5) is 15.5. The molecule has 0 radical (unpaired) electrons. The van der Waals surface area contributed by atoms with Gasteiger partial charge in [-0.2, -0.15) is 0 Å². The molecule has 0 spiro atoms. The molecule has 0 aliphatic carbocycles. The molecular weight excluding hydrogens is 231 g/mol. The first-order valence-corrected chi connectivity index (χ1v) is 6.28. The minimum atomic E-state index is -0.223. The molecule has 1 amide bonds. The van der Waals surface area contributed by atoms with Gasteiger partial charge in [0.05, 0.1) is 6.54 Å². The third-order valence-corrected chi connectivity index (χ3v) is 2.92. The summed E-state index contributed by atoms with van der Waals surface area (Å²) in [5, 5.41) is 0. The fraction of sp³-hybridized carbons (Fsp3) is 0.500. The van der Waals surface area contributed by atoms with Crippen LogP contribution in [-0.4, -0.2) is 42.4 Å². The van der Waals surface area contributed by atoms with Crippen LogP contribution < -0.4 is 0 Å². The van der Waals surface area contributed by atoms with Gasteiger partial charge in [0.15, 0.2) is 0 Å². The van der Waals surface area contributed by atoms with Crippen molar-refractivity contribution in [1.82, 2.24) is 9.80 Å². The van der Waals surface area contributed by atoms with Crippen molar-refractivity contribution in [3.05, 3.63) is 35.6 Å². The lowest BCUT2D eigenvalue weighted by Gasteiger charge is -2.23. The second-order valence-corrected chi connectivity index (χ2v) is 4.33. The predicted octanol–water partition coefficient (Wildman–Crippen LogP) is 2.13. The van der Waals surface area contributed by atoms with Gasteiger partial charge in [-0.1, -0.05) is 18.2 Å². The molecule has 1 aromatic rings. The molecule has 0 saturated heterocycles. The van der Waals surface area contributed by atoms with Gasteiger partial charge in [-0.3, -0.25) is 9.69 Å². The Hall–Kier alpha value is -1.42. The predicted molar refractivity (Wildman–Crippen MR) is 70.7 cm³/mol. The van der Waals surface area contributed by atoms with Crippen molar-refractivity contribution in [2.45, 2.75) is 20.4 Å².